The number of alkyl halides is 3. The molecule has 1 N–H and O–H groups in total. The van der Waals surface area contributed by atoms with Gasteiger partial charge in [-0.05, 0) is 29.8 Å². The van der Waals surface area contributed by atoms with Crippen LogP contribution in [0.4, 0.5) is 23.2 Å². The SMILES string of the molecule is CS(=O)(=O)NC(=O)c1cc(Cl)c(N2CC(c3ccc(OC(F)(F)F)c(Cl)c3)C2)cc1F. The predicted octanol–water partition coefficient (Wildman–Crippen LogP) is 4.32. The van der Waals surface area contributed by atoms with E-state index in [-0.39, 0.29) is 21.7 Å². The number of hydrogen-bond acceptors (Lipinski definition) is 5. The van der Waals surface area contributed by atoms with E-state index in [9.17, 15) is 30.8 Å². The molecule has 1 heterocycles. The van der Waals surface area contributed by atoms with Gasteiger partial charge in [0.05, 0.1) is 27.6 Å². The summed E-state index contributed by atoms with van der Waals surface area (Å²) >= 11 is 12.0. The number of amides is 1. The molecule has 1 aliphatic rings. The minimum Gasteiger partial charge on any atom is -0.404 e. The quantitative estimate of drug-likeness (QED) is 0.618. The first kappa shape index (κ1) is 23.4. The van der Waals surface area contributed by atoms with E-state index in [2.05, 4.69) is 4.74 Å². The Bertz CT molecular complexity index is 1140. The number of hydrogen-bond donors (Lipinski definition) is 1. The predicted molar refractivity (Wildman–Crippen MR) is 107 cm³/mol. The molecule has 2 aromatic carbocycles. The van der Waals surface area contributed by atoms with Crippen molar-refractivity contribution in [1.29, 1.82) is 0 Å². The van der Waals surface area contributed by atoms with Gasteiger partial charge < -0.3 is 9.64 Å². The molecule has 3 rings (SSSR count). The van der Waals surface area contributed by atoms with Gasteiger partial charge in [0.1, 0.15) is 11.6 Å². The highest BCUT2D eigenvalue weighted by Gasteiger charge is 2.34. The monoisotopic (exact) mass is 500 g/mol. The number of ether oxygens (including phenoxy) is 1. The second-order valence-electron chi connectivity index (χ2n) is 6.83. The Labute approximate surface area is 184 Å². The maximum absolute atomic E-state index is 14.4. The summed E-state index contributed by atoms with van der Waals surface area (Å²) in [6.45, 7) is 0.730. The zero-order valence-electron chi connectivity index (χ0n) is 15.6. The Balaban J connectivity index is 1.72. The van der Waals surface area contributed by atoms with Gasteiger partial charge in [-0.1, -0.05) is 29.3 Å². The summed E-state index contributed by atoms with van der Waals surface area (Å²) in [5.41, 5.74) is 0.425. The molecule has 1 fully saturated rings. The van der Waals surface area contributed by atoms with E-state index in [4.69, 9.17) is 23.2 Å². The summed E-state index contributed by atoms with van der Waals surface area (Å²) in [7, 11) is -3.88. The second-order valence-corrected chi connectivity index (χ2v) is 9.39. The van der Waals surface area contributed by atoms with Gasteiger partial charge in [-0.2, -0.15) is 0 Å². The van der Waals surface area contributed by atoms with Crippen LogP contribution in [0.2, 0.25) is 10.0 Å². The molecule has 1 aliphatic heterocycles. The lowest BCUT2D eigenvalue weighted by Crippen LogP contribution is -2.45. The van der Waals surface area contributed by atoms with Crippen molar-refractivity contribution in [3.05, 3.63) is 57.3 Å². The Hall–Kier alpha value is -2.24. The van der Waals surface area contributed by atoms with Crippen LogP contribution in [0.1, 0.15) is 21.8 Å². The van der Waals surface area contributed by atoms with Gasteiger partial charge in [-0.3, -0.25) is 4.79 Å². The maximum Gasteiger partial charge on any atom is 0.573 e. The lowest BCUT2D eigenvalue weighted by molar-refractivity contribution is -0.274. The molecule has 0 unspecified atom stereocenters. The van der Waals surface area contributed by atoms with Gasteiger partial charge in [0, 0.05) is 19.0 Å². The van der Waals surface area contributed by atoms with Crippen LogP contribution in [0, 0.1) is 5.82 Å². The number of anilines is 1. The minimum absolute atomic E-state index is 0.0328. The van der Waals surface area contributed by atoms with Gasteiger partial charge in [-0.15, -0.1) is 13.2 Å². The summed E-state index contributed by atoms with van der Waals surface area (Å²) in [6, 6.07) is 5.99. The third kappa shape index (κ3) is 5.72. The second kappa shape index (κ2) is 8.36. The highest BCUT2D eigenvalue weighted by atomic mass is 35.5. The Kier molecular flexibility index (Phi) is 6.32. The molecule has 6 nitrogen and oxygen atoms in total. The lowest BCUT2D eigenvalue weighted by Gasteiger charge is -2.42. The van der Waals surface area contributed by atoms with Crippen molar-refractivity contribution < 1.29 is 35.5 Å². The van der Waals surface area contributed by atoms with Crippen LogP contribution in [0.15, 0.2) is 30.3 Å². The van der Waals surface area contributed by atoms with Crippen LogP contribution in [-0.2, 0) is 10.0 Å². The summed E-state index contributed by atoms with van der Waals surface area (Å²) in [5.74, 6) is -2.72. The fourth-order valence-electron chi connectivity index (χ4n) is 3.04. The molecule has 2 aromatic rings. The van der Waals surface area contributed by atoms with Crippen molar-refractivity contribution in [2.45, 2.75) is 12.3 Å². The lowest BCUT2D eigenvalue weighted by atomic mass is 9.90. The van der Waals surface area contributed by atoms with E-state index in [0.717, 1.165) is 24.5 Å². The first-order valence-corrected chi connectivity index (χ1v) is 11.2. The van der Waals surface area contributed by atoms with Gasteiger partial charge in [0.15, 0.2) is 0 Å². The van der Waals surface area contributed by atoms with Crippen LogP contribution in [0.3, 0.4) is 0 Å². The number of sulfonamides is 1. The number of halogens is 6. The fourth-order valence-corrected chi connectivity index (χ4v) is 4.00. The normalized spacial score (nSPS) is 14.9. The number of benzene rings is 2. The molecule has 0 bridgehead atoms. The van der Waals surface area contributed by atoms with E-state index in [1.54, 1.807) is 9.62 Å². The average molecular weight is 501 g/mol. The van der Waals surface area contributed by atoms with Gasteiger partial charge in [0.2, 0.25) is 10.0 Å². The zero-order chi connectivity index (χ0) is 23.1. The van der Waals surface area contributed by atoms with E-state index in [1.807, 2.05) is 0 Å². The van der Waals surface area contributed by atoms with Crippen molar-refractivity contribution in [2.24, 2.45) is 0 Å². The van der Waals surface area contributed by atoms with Crippen molar-refractivity contribution >= 4 is 44.8 Å². The fraction of sp³-hybridized carbons (Fsp3) is 0.278. The molecule has 31 heavy (non-hydrogen) atoms. The van der Waals surface area contributed by atoms with Crippen LogP contribution in [0.5, 0.6) is 5.75 Å². The largest absolute Gasteiger partial charge is 0.573 e. The topological polar surface area (TPSA) is 75.7 Å². The average Bonchev–Trinajstić information content (AvgIpc) is 2.56. The van der Waals surface area contributed by atoms with Crippen LogP contribution < -0.4 is 14.4 Å². The Morgan fingerprint density at radius 3 is 2.35 bits per heavy atom. The minimum atomic E-state index is -4.86. The molecule has 168 valence electrons. The zero-order valence-corrected chi connectivity index (χ0v) is 18.0. The van der Waals surface area contributed by atoms with Crippen molar-refractivity contribution in [3.63, 3.8) is 0 Å². The highest BCUT2D eigenvalue weighted by Crippen LogP contribution is 2.39. The van der Waals surface area contributed by atoms with E-state index in [0.29, 0.717) is 18.7 Å². The molecule has 1 amide bonds. The van der Waals surface area contributed by atoms with Crippen molar-refractivity contribution in [3.8, 4) is 5.75 Å². The smallest absolute Gasteiger partial charge is 0.404 e. The van der Waals surface area contributed by atoms with E-state index >= 15 is 0 Å². The molecule has 0 aliphatic carbocycles. The molecular weight excluding hydrogens is 487 g/mol. The number of rotatable bonds is 5. The number of nitrogens with one attached hydrogen (secondary N) is 1. The van der Waals surface area contributed by atoms with Crippen LogP contribution in [-0.4, -0.2) is 40.0 Å². The summed E-state index contributed by atoms with van der Waals surface area (Å²) in [6.07, 6.45) is -4.10. The molecule has 1 saturated heterocycles. The van der Waals surface area contributed by atoms with Gasteiger partial charge in [0.25, 0.3) is 5.91 Å². The van der Waals surface area contributed by atoms with Gasteiger partial charge in [-0.25, -0.2) is 17.5 Å². The Morgan fingerprint density at radius 2 is 1.81 bits per heavy atom. The highest BCUT2D eigenvalue weighted by molar-refractivity contribution is 7.89. The summed E-state index contributed by atoms with van der Waals surface area (Å²) in [4.78, 5) is 13.6. The van der Waals surface area contributed by atoms with Crippen molar-refractivity contribution in [2.75, 3.05) is 24.2 Å². The third-order valence-electron chi connectivity index (χ3n) is 4.43. The maximum atomic E-state index is 14.4. The summed E-state index contributed by atoms with van der Waals surface area (Å²) < 4.78 is 79.2. The standard InChI is InChI=1S/C18H14Cl2F4N2O4S/c1-31(28,29)25-17(27)11-5-12(19)15(6-14(11)21)26-7-10(8-26)9-2-3-16(13(20)4-9)30-18(22,23)24/h2-6,10H,7-8H2,1H3,(H,25,27). The molecule has 0 radical (unpaired) electrons. The summed E-state index contributed by atoms with van der Waals surface area (Å²) in [5, 5.41) is -0.163. The van der Waals surface area contributed by atoms with E-state index in [1.165, 1.54) is 12.1 Å². The number of carbonyl (C=O) groups excluding carboxylic acids is 1. The number of carbonyl (C=O) groups is 1. The van der Waals surface area contributed by atoms with Gasteiger partial charge >= 0.3 is 6.36 Å². The molecule has 0 atom stereocenters. The molecule has 0 spiro atoms. The molecule has 0 aromatic heterocycles. The van der Waals surface area contributed by atoms with Crippen LogP contribution in [0.25, 0.3) is 0 Å². The first-order valence-electron chi connectivity index (χ1n) is 8.55. The van der Waals surface area contributed by atoms with Crippen molar-refractivity contribution in [1.82, 2.24) is 4.72 Å². The molecule has 13 heteroatoms. The molecular formula is C18H14Cl2F4N2O4S. The third-order valence-corrected chi connectivity index (χ3v) is 5.59. The van der Waals surface area contributed by atoms with E-state index < -0.39 is 39.4 Å². The number of nitrogens with zero attached hydrogens (tertiary/aromatic N) is 1. The first-order chi connectivity index (χ1) is 14.2. The van der Waals surface area contributed by atoms with Crippen LogP contribution >= 0.6 is 23.2 Å². The molecule has 0 saturated carbocycles. The Morgan fingerprint density at radius 1 is 1.16 bits per heavy atom.